The molecule has 148 valence electrons. The minimum Gasteiger partial charge on any atom is -0.454 e. The standard InChI is InChI=1S/C20H18N4O4S/c1-11-6-7-24(9-12-2-5-14-15(8-12)28-10-27-14)19(26)16(11)17(25)21-20-23-22-18(29-20)13-3-4-13/h2,5-8,13H,3-4,9-10H2,1H3,(H,21,23,25). The van der Waals surface area contributed by atoms with Crippen molar-refractivity contribution in [3.63, 3.8) is 0 Å². The lowest BCUT2D eigenvalue weighted by Gasteiger charge is -2.11. The molecule has 1 amide bonds. The lowest BCUT2D eigenvalue weighted by molar-refractivity contribution is 0.102. The highest BCUT2D eigenvalue weighted by atomic mass is 32.1. The molecule has 1 aliphatic heterocycles. The molecule has 2 aromatic heterocycles. The van der Waals surface area contributed by atoms with Crippen LogP contribution in [0.25, 0.3) is 0 Å². The molecule has 0 saturated heterocycles. The van der Waals surface area contributed by atoms with Gasteiger partial charge in [-0.05, 0) is 49.1 Å². The number of carbonyl (C=O) groups excluding carboxylic acids is 1. The van der Waals surface area contributed by atoms with E-state index in [9.17, 15) is 9.59 Å². The van der Waals surface area contributed by atoms with E-state index in [1.807, 2.05) is 18.2 Å². The van der Waals surface area contributed by atoms with Crippen LogP contribution >= 0.6 is 11.3 Å². The van der Waals surface area contributed by atoms with Gasteiger partial charge < -0.3 is 14.0 Å². The number of pyridine rings is 1. The zero-order chi connectivity index (χ0) is 20.0. The Hall–Kier alpha value is -3.20. The first-order valence-electron chi connectivity index (χ1n) is 9.32. The average molecular weight is 410 g/mol. The van der Waals surface area contributed by atoms with Crippen molar-refractivity contribution in [1.29, 1.82) is 0 Å². The quantitative estimate of drug-likeness (QED) is 0.695. The van der Waals surface area contributed by atoms with Gasteiger partial charge in [0, 0.05) is 12.1 Å². The van der Waals surface area contributed by atoms with E-state index >= 15 is 0 Å². The van der Waals surface area contributed by atoms with Crippen LogP contribution in [0.5, 0.6) is 11.5 Å². The van der Waals surface area contributed by atoms with Crippen LogP contribution in [-0.4, -0.2) is 27.5 Å². The number of aryl methyl sites for hydroxylation is 1. The highest BCUT2D eigenvalue weighted by Crippen LogP contribution is 2.42. The largest absolute Gasteiger partial charge is 0.454 e. The van der Waals surface area contributed by atoms with E-state index in [4.69, 9.17) is 9.47 Å². The number of ether oxygens (including phenoxy) is 2. The summed E-state index contributed by atoms with van der Waals surface area (Å²) in [6.45, 7) is 2.26. The molecule has 9 heteroatoms. The van der Waals surface area contributed by atoms with Crippen LogP contribution in [-0.2, 0) is 6.54 Å². The summed E-state index contributed by atoms with van der Waals surface area (Å²) in [7, 11) is 0. The molecule has 0 spiro atoms. The fourth-order valence-corrected chi connectivity index (χ4v) is 4.15. The van der Waals surface area contributed by atoms with Gasteiger partial charge in [0.1, 0.15) is 10.6 Å². The van der Waals surface area contributed by atoms with E-state index in [0.29, 0.717) is 34.7 Å². The highest BCUT2D eigenvalue weighted by molar-refractivity contribution is 7.15. The summed E-state index contributed by atoms with van der Waals surface area (Å²) < 4.78 is 12.2. The molecular formula is C20H18N4O4S. The topological polar surface area (TPSA) is 95.3 Å². The Bertz CT molecular complexity index is 1170. The maximum Gasteiger partial charge on any atom is 0.263 e. The van der Waals surface area contributed by atoms with Crippen LogP contribution in [0, 0.1) is 6.92 Å². The molecule has 0 atom stereocenters. The second-order valence-corrected chi connectivity index (χ2v) is 8.18. The van der Waals surface area contributed by atoms with Crippen molar-refractivity contribution in [3.05, 3.63) is 62.5 Å². The first-order valence-corrected chi connectivity index (χ1v) is 10.1. The summed E-state index contributed by atoms with van der Waals surface area (Å²) in [6, 6.07) is 7.30. The molecule has 1 saturated carbocycles. The Labute approximate surface area is 170 Å². The monoisotopic (exact) mass is 410 g/mol. The normalized spacial score (nSPS) is 14.8. The van der Waals surface area contributed by atoms with E-state index < -0.39 is 5.91 Å². The number of nitrogens with zero attached hydrogens (tertiary/aromatic N) is 3. The molecule has 0 unspecified atom stereocenters. The second kappa shape index (κ2) is 7.00. The summed E-state index contributed by atoms with van der Waals surface area (Å²) in [5.41, 5.74) is 1.25. The molecule has 1 N–H and O–H groups in total. The Morgan fingerprint density at radius 3 is 2.90 bits per heavy atom. The number of fused-ring (bicyclic) bond motifs is 1. The Morgan fingerprint density at radius 2 is 2.07 bits per heavy atom. The number of amides is 1. The van der Waals surface area contributed by atoms with Crippen molar-refractivity contribution >= 4 is 22.4 Å². The van der Waals surface area contributed by atoms with Gasteiger partial charge in [-0.1, -0.05) is 17.4 Å². The van der Waals surface area contributed by atoms with Crippen LogP contribution in [0.1, 0.15) is 45.3 Å². The molecule has 5 rings (SSSR count). The molecule has 1 fully saturated rings. The number of nitrogens with one attached hydrogen (secondary N) is 1. The highest BCUT2D eigenvalue weighted by Gasteiger charge is 2.28. The van der Waals surface area contributed by atoms with Gasteiger partial charge in [0.15, 0.2) is 11.5 Å². The predicted molar refractivity (Wildman–Crippen MR) is 107 cm³/mol. The van der Waals surface area contributed by atoms with Crippen molar-refractivity contribution in [1.82, 2.24) is 14.8 Å². The third-order valence-electron chi connectivity index (χ3n) is 4.98. The van der Waals surface area contributed by atoms with Crippen LogP contribution in [0.15, 0.2) is 35.3 Å². The third kappa shape index (κ3) is 3.49. The summed E-state index contributed by atoms with van der Waals surface area (Å²) in [5, 5.41) is 12.2. The van der Waals surface area contributed by atoms with Gasteiger partial charge >= 0.3 is 0 Å². The van der Waals surface area contributed by atoms with Gasteiger partial charge in [-0.3, -0.25) is 14.9 Å². The lowest BCUT2D eigenvalue weighted by Crippen LogP contribution is -2.30. The lowest BCUT2D eigenvalue weighted by atomic mass is 10.1. The van der Waals surface area contributed by atoms with Gasteiger partial charge in [-0.25, -0.2) is 0 Å². The molecule has 0 radical (unpaired) electrons. The van der Waals surface area contributed by atoms with Crippen LogP contribution in [0.2, 0.25) is 0 Å². The molecule has 2 aliphatic rings. The summed E-state index contributed by atoms with van der Waals surface area (Å²) in [4.78, 5) is 25.8. The zero-order valence-corrected chi connectivity index (χ0v) is 16.5. The van der Waals surface area contributed by atoms with E-state index in [1.165, 1.54) is 15.9 Å². The maximum absolute atomic E-state index is 13.0. The molecule has 3 aromatic rings. The first-order chi connectivity index (χ1) is 14.1. The minimum absolute atomic E-state index is 0.108. The molecule has 3 heterocycles. The number of aromatic nitrogens is 3. The summed E-state index contributed by atoms with van der Waals surface area (Å²) >= 11 is 1.37. The Kier molecular flexibility index (Phi) is 4.31. The average Bonchev–Trinajstić information content (AvgIpc) is 3.26. The number of hydrogen-bond donors (Lipinski definition) is 1. The molecule has 0 bridgehead atoms. The molecule has 29 heavy (non-hydrogen) atoms. The molecule has 1 aliphatic carbocycles. The van der Waals surface area contributed by atoms with E-state index in [-0.39, 0.29) is 17.9 Å². The van der Waals surface area contributed by atoms with Crippen molar-refractivity contribution < 1.29 is 14.3 Å². The SMILES string of the molecule is Cc1ccn(Cc2ccc3c(c2)OCO3)c(=O)c1C(=O)Nc1nnc(C2CC2)s1. The van der Waals surface area contributed by atoms with Crippen molar-refractivity contribution in [2.24, 2.45) is 0 Å². The minimum atomic E-state index is -0.467. The van der Waals surface area contributed by atoms with Crippen LogP contribution in [0.4, 0.5) is 5.13 Å². The molecule has 1 aromatic carbocycles. The number of rotatable bonds is 5. The number of hydrogen-bond acceptors (Lipinski definition) is 7. The van der Waals surface area contributed by atoms with Gasteiger partial charge in [0.25, 0.3) is 11.5 Å². The number of benzene rings is 1. The van der Waals surface area contributed by atoms with Crippen molar-refractivity contribution in [2.75, 3.05) is 12.1 Å². The fourth-order valence-electron chi connectivity index (χ4n) is 3.24. The number of carbonyl (C=O) groups is 1. The molecule has 8 nitrogen and oxygen atoms in total. The summed E-state index contributed by atoms with van der Waals surface area (Å²) in [6.07, 6.45) is 3.92. The predicted octanol–water partition coefficient (Wildman–Crippen LogP) is 2.91. The van der Waals surface area contributed by atoms with Crippen molar-refractivity contribution in [2.45, 2.75) is 32.2 Å². The smallest absolute Gasteiger partial charge is 0.263 e. The van der Waals surface area contributed by atoms with Crippen LogP contribution in [0.3, 0.4) is 0 Å². The van der Waals surface area contributed by atoms with E-state index in [0.717, 1.165) is 23.4 Å². The number of anilines is 1. The zero-order valence-electron chi connectivity index (χ0n) is 15.7. The van der Waals surface area contributed by atoms with Crippen molar-refractivity contribution in [3.8, 4) is 11.5 Å². The van der Waals surface area contributed by atoms with Gasteiger partial charge in [-0.15, -0.1) is 10.2 Å². The van der Waals surface area contributed by atoms with Gasteiger partial charge in [0.05, 0.1) is 6.54 Å². The van der Waals surface area contributed by atoms with Gasteiger partial charge in [-0.2, -0.15) is 0 Å². The second-order valence-electron chi connectivity index (χ2n) is 7.17. The Morgan fingerprint density at radius 1 is 1.24 bits per heavy atom. The Balaban J connectivity index is 1.39. The third-order valence-corrected chi connectivity index (χ3v) is 5.98. The maximum atomic E-state index is 13.0. The van der Waals surface area contributed by atoms with E-state index in [2.05, 4.69) is 15.5 Å². The molecular weight excluding hydrogens is 392 g/mol. The van der Waals surface area contributed by atoms with Crippen LogP contribution < -0.4 is 20.3 Å². The van der Waals surface area contributed by atoms with E-state index in [1.54, 1.807) is 19.2 Å². The first kappa shape index (κ1) is 17.9. The summed E-state index contributed by atoms with van der Waals surface area (Å²) in [5.74, 6) is 1.35. The fraction of sp³-hybridized carbons (Fsp3) is 0.300. The van der Waals surface area contributed by atoms with Gasteiger partial charge in [0.2, 0.25) is 11.9 Å².